The first-order valence-electron chi connectivity index (χ1n) is 6.81. The van der Waals surface area contributed by atoms with Crippen molar-refractivity contribution in [2.24, 2.45) is 0 Å². The molecule has 0 aromatic heterocycles. The Morgan fingerprint density at radius 2 is 1.39 bits per heavy atom. The predicted octanol–water partition coefficient (Wildman–Crippen LogP) is 2.89. The van der Waals surface area contributed by atoms with Crippen LogP contribution in [0.15, 0.2) is 0 Å². The number of carbonyl (C=O) groups is 2. The van der Waals surface area contributed by atoms with Crippen molar-refractivity contribution >= 4 is 11.8 Å². The van der Waals surface area contributed by atoms with Gasteiger partial charge in [-0.05, 0) is 19.8 Å². The van der Waals surface area contributed by atoms with Crippen molar-refractivity contribution in [1.82, 2.24) is 0 Å². The van der Waals surface area contributed by atoms with E-state index < -0.39 is 0 Å². The zero-order chi connectivity index (χ0) is 13.6. The first kappa shape index (κ1) is 17.1. The molecular formula is C14H26O4. The lowest BCUT2D eigenvalue weighted by atomic mass is 10.1. The Balaban J connectivity index is 3.15. The Morgan fingerprint density at radius 1 is 0.833 bits per heavy atom. The van der Waals surface area contributed by atoms with Gasteiger partial charge in [-0.3, -0.25) is 4.79 Å². The molecule has 0 rings (SSSR count). The average Bonchev–Trinajstić information content (AvgIpc) is 2.32. The number of esters is 1. The molecule has 0 aromatic carbocycles. The Bertz CT molecular complexity index is 226. The van der Waals surface area contributed by atoms with E-state index in [2.05, 4.69) is 0 Å². The predicted molar refractivity (Wildman–Crippen MR) is 70.5 cm³/mol. The minimum Gasteiger partial charge on any atom is -0.463 e. The zero-order valence-electron chi connectivity index (χ0n) is 11.7. The number of methoxy groups -OCH3 is 1. The smallest absolute Gasteiger partial charge is 0.305 e. The van der Waals surface area contributed by atoms with Crippen LogP contribution in [0.5, 0.6) is 0 Å². The molecule has 4 nitrogen and oxygen atoms in total. The SMILES string of the molecule is COCCOC(=O)CCCCCCCCC(C)=O. The summed E-state index contributed by atoms with van der Waals surface area (Å²) in [6, 6.07) is 0. The Labute approximate surface area is 110 Å². The van der Waals surface area contributed by atoms with E-state index in [1.807, 2.05) is 0 Å². The van der Waals surface area contributed by atoms with E-state index in [1.165, 1.54) is 0 Å². The second kappa shape index (κ2) is 12.6. The number of Topliss-reactive ketones (excluding diaryl/α,β-unsaturated/α-hetero) is 1. The number of carbonyl (C=O) groups excluding carboxylic acids is 2. The van der Waals surface area contributed by atoms with Gasteiger partial charge in [-0.2, -0.15) is 0 Å². The molecule has 4 heteroatoms. The summed E-state index contributed by atoms with van der Waals surface area (Å²) in [5.41, 5.74) is 0. The molecule has 0 bridgehead atoms. The maximum Gasteiger partial charge on any atom is 0.305 e. The number of hydrogen-bond donors (Lipinski definition) is 0. The van der Waals surface area contributed by atoms with Gasteiger partial charge in [0.1, 0.15) is 12.4 Å². The molecule has 0 aliphatic carbocycles. The van der Waals surface area contributed by atoms with Crippen molar-refractivity contribution in [3.63, 3.8) is 0 Å². The molecule has 0 radical (unpaired) electrons. The standard InChI is InChI=1S/C14H26O4/c1-13(15)9-7-5-3-4-6-8-10-14(16)18-12-11-17-2/h3-12H2,1-2H3. The van der Waals surface area contributed by atoms with E-state index in [1.54, 1.807) is 14.0 Å². The molecule has 18 heavy (non-hydrogen) atoms. The highest BCUT2D eigenvalue weighted by molar-refractivity contribution is 5.75. The van der Waals surface area contributed by atoms with Gasteiger partial charge >= 0.3 is 5.97 Å². The summed E-state index contributed by atoms with van der Waals surface area (Å²) in [5.74, 6) is 0.137. The average molecular weight is 258 g/mol. The minimum atomic E-state index is -0.136. The maximum atomic E-state index is 11.2. The second-order valence-electron chi connectivity index (χ2n) is 4.54. The topological polar surface area (TPSA) is 52.6 Å². The van der Waals surface area contributed by atoms with E-state index in [0.29, 0.717) is 26.1 Å². The minimum absolute atomic E-state index is 0.136. The van der Waals surface area contributed by atoms with Crippen LogP contribution in [0.1, 0.15) is 58.3 Å². The van der Waals surface area contributed by atoms with E-state index in [0.717, 1.165) is 38.5 Å². The first-order valence-corrected chi connectivity index (χ1v) is 6.81. The van der Waals surface area contributed by atoms with E-state index in [-0.39, 0.29) is 11.8 Å². The van der Waals surface area contributed by atoms with Gasteiger partial charge in [0.25, 0.3) is 0 Å². The normalized spacial score (nSPS) is 10.3. The Morgan fingerprint density at radius 3 is 1.94 bits per heavy atom. The molecule has 0 amide bonds. The Kier molecular flexibility index (Phi) is 11.9. The molecule has 0 fully saturated rings. The summed E-state index contributed by atoms with van der Waals surface area (Å²) >= 11 is 0. The summed E-state index contributed by atoms with van der Waals surface area (Å²) in [7, 11) is 1.58. The summed E-state index contributed by atoms with van der Waals surface area (Å²) in [6.07, 6.45) is 7.52. The van der Waals surface area contributed by atoms with Crippen LogP contribution in [0.25, 0.3) is 0 Å². The fraction of sp³-hybridized carbons (Fsp3) is 0.857. The molecule has 0 atom stereocenters. The van der Waals surface area contributed by atoms with Gasteiger partial charge in [0, 0.05) is 20.0 Å². The van der Waals surface area contributed by atoms with Gasteiger partial charge in [0.05, 0.1) is 6.61 Å². The van der Waals surface area contributed by atoms with Crippen LogP contribution in [0.2, 0.25) is 0 Å². The fourth-order valence-corrected chi connectivity index (χ4v) is 1.66. The number of ketones is 1. The molecule has 0 saturated heterocycles. The lowest BCUT2D eigenvalue weighted by molar-refractivity contribution is -0.145. The van der Waals surface area contributed by atoms with E-state index in [4.69, 9.17) is 9.47 Å². The summed E-state index contributed by atoms with van der Waals surface area (Å²) < 4.78 is 9.74. The van der Waals surface area contributed by atoms with Crippen molar-refractivity contribution < 1.29 is 19.1 Å². The number of unbranched alkanes of at least 4 members (excludes halogenated alkanes) is 5. The Hall–Kier alpha value is -0.900. The summed E-state index contributed by atoms with van der Waals surface area (Å²) in [5, 5.41) is 0. The quantitative estimate of drug-likeness (QED) is 0.399. The van der Waals surface area contributed by atoms with Crippen LogP contribution < -0.4 is 0 Å². The van der Waals surface area contributed by atoms with Crippen LogP contribution in [0, 0.1) is 0 Å². The van der Waals surface area contributed by atoms with Gasteiger partial charge in [-0.1, -0.05) is 25.7 Å². The van der Waals surface area contributed by atoms with Gasteiger partial charge in [-0.15, -0.1) is 0 Å². The summed E-state index contributed by atoms with van der Waals surface area (Å²) in [4.78, 5) is 21.9. The monoisotopic (exact) mass is 258 g/mol. The zero-order valence-corrected chi connectivity index (χ0v) is 11.7. The van der Waals surface area contributed by atoms with Crippen LogP contribution >= 0.6 is 0 Å². The van der Waals surface area contributed by atoms with Crippen molar-refractivity contribution in [2.45, 2.75) is 58.3 Å². The third-order valence-electron chi connectivity index (χ3n) is 2.71. The number of rotatable bonds is 12. The second-order valence-corrected chi connectivity index (χ2v) is 4.54. The largest absolute Gasteiger partial charge is 0.463 e. The molecule has 0 spiro atoms. The maximum absolute atomic E-state index is 11.2. The highest BCUT2D eigenvalue weighted by Crippen LogP contribution is 2.09. The van der Waals surface area contributed by atoms with E-state index >= 15 is 0 Å². The first-order chi connectivity index (χ1) is 8.66. The molecule has 0 aromatic rings. The third kappa shape index (κ3) is 13.2. The third-order valence-corrected chi connectivity index (χ3v) is 2.71. The van der Waals surface area contributed by atoms with Crippen molar-refractivity contribution in [3.8, 4) is 0 Å². The van der Waals surface area contributed by atoms with Crippen molar-refractivity contribution in [2.75, 3.05) is 20.3 Å². The molecule has 0 unspecified atom stereocenters. The fourth-order valence-electron chi connectivity index (χ4n) is 1.66. The summed E-state index contributed by atoms with van der Waals surface area (Å²) in [6.45, 7) is 2.44. The molecule has 0 aliphatic heterocycles. The molecule has 0 aliphatic rings. The van der Waals surface area contributed by atoms with Gasteiger partial charge < -0.3 is 14.3 Å². The molecule has 0 heterocycles. The van der Waals surface area contributed by atoms with Gasteiger partial charge in [0.15, 0.2) is 0 Å². The molecule has 106 valence electrons. The van der Waals surface area contributed by atoms with Crippen LogP contribution in [0.4, 0.5) is 0 Å². The highest BCUT2D eigenvalue weighted by atomic mass is 16.6. The lowest BCUT2D eigenvalue weighted by Gasteiger charge is -2.04. The molecule has 0 saturated carbocycles. The number of hydrogen-bond acceptors (Lipinski definition) is 4. The van der Waals surface area contributed by atoms with Gasteiger partial charge in [0.2, 0.25) is 0 Å². The lowest BCUT2D eigenvalue weighted by Crippen LogP contribution is -2.09. The van der Waals surface area contributed by atoms with Gasteiger partial charge in [-0.25, -0.2) is 0 Å². The number of ether oxygens (including phenoxy) is 2. The van der Waals surface area contributed by atoms with Crippen molar-refractivity contribution in [3.05, 3.63) is 0 Å². The highest BCUT2D eigenvalue weighted by Gasteiger charge is 2.02. The van der Waals surface area contributed by atoms with Crippen LogP contribution in [-0.4, -0.2) is 32.1 Å². The molecule has 0 N–H and O–H groups in total. The van der Waals surface area contributed by atoms with E-state index in [9.17, 15) is 9.59 Å². The van der Waals surface area contributed by atoms with Crippen molar-refractivity contribution in [1.29, 1.82) is 0 Å². The van der Waals surface area contributed by atoms with Crippen LogP contribution in [-0.2, 0) is 19.1 Å². The van der Waals surface area contributed by atoms with Crippen LogP contribution in [0.3, 0.4) is 0 Å². The molecular weight excluding hydrogens is 232 g/mol.